The van der Waals surface area contributed by atoms with Crippen molar-refractivity contribution < 1.29 is 17.9 Å². The van der Waals surface area contributed by atoms with Crippen molar-refractivity contribution >= 4 is 23.3 Å². The predicted molar refractivity (Wildman–Crippen MR) is 134 cm³/mol. The first-order valence-electron chi connectivity index (χ1n) is 11.6. The average molecular weight is 519 g/mol. The van der Waals surface area contributed by atoms with E-state index in [1.165, 1.54) is 27.6 Å². The zero-order valence-corrected chi connectivity index (χ0v) is 20.3. The maximum absolute atomic E-state index is 13.8. The highest BCUT2D eigenvalue weighted by Gasteiger charge is 2.37. The summed E-state index contributed by atoms with van der Waals surface area (Å²) in [5.41, 5.74) is 0.359. The summed E-state index contributed by atoms with van der Waals surface area (Å²) in [4.78, 5) is 15.0. The molecule has 0 unspecified atom stereocenters. The Morgan fingerprint density at radius 2 is 1.69 bits per heavy atom. The molecule has 1 aliphatic heterocycles. The first kappa shape index (κ1) is 25.8. The third-order valence-electron chi connectivity index (χ3n) is 6.25. The molecule has 2 aromatic carbocycles. The highest BCUT2D eigenvalue weighted by molar-refractivity contribution is 5.85. The van der Waals surface area contributed by atoms with E-state index in [-0.39, 0.29) is 17.8 Å². The number of halogens is 4. The molecule has 1 fully saturated rings. The van der Waals surface area contributed by atoms with Crippen molar-refractivity contribution in [3.8, 4) is 11.4 Å². The van der Waals surface area contributed by atoms with E-state index in [0.29, 0.717) is 36.6 Å². The van der Waals surface area contributed by atoms with Crippen LogP contribution < -0.4 is 10.3 Å². The Morgan fingerprint density at radius 3 is 2.39 bits per heavy atom. The highest BCUT2D eigenvalue weighted by atomic mass is 35.5. The van der Waals surface area contributed by atoms with Gasteiger partial charge in [-0.3, -0.25) is 14.0 Å². The normalized spacial score (nSPS) is 14.2. The molecule has 36 heavy (non-hydrogen) atoms. The summed E-state index contributed by atoms with van der Waals surface area (Å²) in [5, 5.41) is 3.88. The Kier molecular flexibility index (Phi) is 7.70. The van der Waals surface area contributed by atoms with Crippen LogP contribution in [0.25, 0.3) is 16.6 Å². The van der Waals surface area contributed by atoms with Gasteiger partial charge < -0.3 is 9.64 Å². The van der Waals surface area contributed by atoms with Crippen LogP contribution in [-0.4, -0.2) is 38.9 Å². The third kappa shape index (κ3) is 5.57. The lowest BCUT2D eigenvalue weighted by Gasteiger charge is -2.14. The smallest absolute Gasteiger partial charge is 0.435 e. The molecule has 0 spiro atoms. The van der Waals surface area contributed by atoms with Gasteiger partial charge in [0.05, 0.1) is 12.1 Å². The molecule has 4 aromatic rings. The van der Waals surface area contributed by atoms with Crippen molar-refractivity contribution in [3.05, 3.63) is 88.5 Å². The number of hydrogen-bond acceptors (Lipinski definition) is 4. The van der Waals surface area contributed by atoms with Gasteiger partial charge in [0, 0.05) is 29.9 Å². The molecule has 5 rings (SSSR count). The van der Waals surface area contributed by atoms with Crippen LogP contribution in [0.4, 0.5) is 13.2 Å². The van der Waals surface area contributed by atoms with E-state index in [2.05, 4.69) is 10.00 Å². The van der Waals surface area contributed by atoms with E-state index in [9.17, 15) is 18.0 Å². The molecule has 0 atom stereocenters. The maximum Gasteiger partial charge on any atom is 0.435 e. The van der Waals surface area contributed by atoms with Crippen LogP contribution in [0.1, 0.15) is 24.1 Å². The van der Waals surface area contributed by atoms with Gasteiger partial charge in [-0.25, -0.2) is 0 Å². The van der Waals surface area contributed by atoms with E-state index >= 15 is 0 Å². The lowest BCUT2D eigenvalue weighted by atomic mass is 10.1. The number of ether oxygens (including phenoxy) is 1. The number of hydrogen-bond donors (Lipinski definition) is 0. The topological polar surface area (TPSA) is 52.3 Å². The zero-order chi connectivity index (χ0) is 24.4. The Labute approximate surface area is 212 Å². The van der Waals surface area contributed by atoms with E-state index < -0.39 is 17.4 Å². The van der Waals surface area contributed by atoms with Crippen molar-refractivity contribution in [2.75, 3.05) is 19.6 Å². The third-order valence-corrected chi connectivity index (χ3v) is 6.25. The van der Waals surface area contributed by atoms with Crippen molar-refractivity contribution in [1.29, 1.82) is 0 Å². The molecule has 190 valence electrons. The van der Waals surface area contributed by atoms with Gasteiger partial charge in [-0.2, -0.15) is 18.3 Å². The highest BCUT2D eigenvalue weighted by Crippen LogP contribution is 2.35. The van der Waals surface area contributed by atoms with Crippen molar-refractivity contribution in [1.82, 2.24) is 19.2 Å². The van der Waals surface area contributed by atoms with Crippen LogP contribution in [0.3, 0.4) is 0 Å². The summed E-state index contributed by atoms with van der Waals surface area (Å²) in [6.07, 6.45) is -0.867. The van der Waals surface area contributed by atoms with Gasteiger partial charge in [-0.05, 0) is 55.8 Å². The van der Waals surface area contributed by atoms with Crippen molar-refractivity contribution in [2.24, 2.45) is 0 Å². The largest absolute Gasteiger partial charge is 0.489 e. The second kappa shape index (κ2) is 10.8. The Bertz CT molecular complexity index is 1380. The molecule has 0 N–H and O–H groups in total. The molecule has 0 amide bonds. The lowest BCUT2D eigenvalue weighted by Crippen LogP contribution is -2.24. The number of aromatic nitrogens is 3. The summed E-state index contributed by atoms with van der Waals surface area (Å²) >= 11 is 0. The summed E-state index contributed by atoms with van der Waals surface area (Å²) in [6, 6.07) is 17.1. The summed E-state index contributed by atoms with van der Waals surface area (Å²) in [6.45, 7) is 3.26. The first-order chi connectivity index (χ1) is 16.9. The fourth-order valence-corrected chi connectivity index (χ4v) is 4.44. The van der Waals surface area contributed by atoms with Gasteiger partial charge in [-0.15, -0.1) is 12.4 Å². The van der Waals surface area contributed by atoms with Gasteiger partial charge in [0.25, 0.3) is 5.56 Å². The molecule has 0 saturated carbocycles. The van der Waals surface area contributed by atoms with Crippen LogP contribution in [0, 0.1) is 0 Å². The number of rotatable bonds is 7. The minimum Gasteiger partial charge on any atom is -0.489 e. The number of likely N-dealkylation sites (tertiary alicyclic amines) is 1. The van der Waals surface area contributed by atoms with Crippen LogP contribution in [0.5, 0.6) is 5.75 Å². The van der Waals surface area contributed by atoms with Gasteiger partial charge in [0.2, 0.25) is 0 Å². The second-order valence-electron chi connectivity index (χ2n) is 8.66. The van der Waals surface area contributed by atoms with Gasteiger partial charge in [0.1, 0.15) is 12.4 Å². The number of alkyl halides is 3. The Morgan fingerprint density at radius 1 is 0.944 bits per heavy atom. The molecule has 1 aliphatic rings. The summed E-state index contributed by atoms with van der Waals surface area (Å²) in [7, 11) is 0. The van der Waals surface area contributed by atoms with Gasteiger partial charge >= 0.3 is 6.18 Å². The minimum absolute atomic E-state index is 0. The fraction of sp³-hybridized carbons (Fsp3) is 0.308. The Hall–Kier alpha value is -3.30. The second-order valence-corrected chi connectivity index (χ2v) is 8.66. The van der Waals surface area contributed by atoms with Crippen molar-refractivity contribution in [2.45, 2.75) is 32.2 Å². The monoisotopic (exact) mass is 518 g/mol. The SMILES string of the molecule is Cl.O=c1cc(OCc2ccccc2)ccn1-c1ccc2c(c1)c(C(F)(F)F)nn2CCN1CCCC1. The zero-order valence-electron chi connectivity index (χ0n) is 19.4. The quantitative estimate of drug-likeness (QED) is 0.333. The molecule has 2 aromatic heterocycles. The molecule has 1 saturated heterocycles. The molecule has 0 aliphatic carbocycles. The average Bonchev–Trinajstić information content (AvgIpc) is 3.49. The fourth-order valence-electron chi connectivity index (χ4n) is 4.44. The van der Waals surface area contributed by atoms with E-state index in [1.54, 1.807) is 18.2 Å². The maximum atomic E-state index is 13.8. The molecule has 0 bridgehead atoms. The number of nitrogens with zero attached hydrogens (tertiary/aromatic N) is 4. The molecular formula is C26H26ClF3N4O2. The van der Waals surface area contributed by atoms with E-state index in [1.807, 2.05) is 30.3 Å². The number of fused-ring (bicyclic) bond motifs is 1. The van der Waals surface area contributed by atoms with Crippen LogP contribution in [0.2, 0.25) is 0 Å². The number of benzene rings is 2. The standard InChI is InChI=1S/C26H25F3N4O2.ClH/c27-26(28,29)25-22-16-20(8-9-23(22)33(30-25)15-14-31-11-4-5-12-31)32-13-10-21(17-24(32)34)35-18-19-6-2-1-3-7-19;/h1-3,6-10,13,16-17H,4-5,11-12,14-15,18H2;1H. The van der Waals surface area contributed by atoms with Gasteiger partial charge in [-0.1, -0.05) is 30.3 Å². The van der Waals surface area contributed by atoms with Crippen LogP contribution in [-0.2, 0) is 19.3 Å². The minimum atomic E-state index is -4.60. The van der Waals surface area contributed by atoms with Crippen molar-refractivity contribution in [3.63, 3.8) is 0 Å². The lowest BCUT2D eigenvalue weighted by molar-refractivity contribution is -0.140. The molecule has 3 heterocycles. The Balaban J connectivity index is 0.00000304. The van der Waals surface area contributed by atoms with Crippen LogP contribution >= 0.6 is 12.4 Å². The summed E-state index contributed by atoms with van der Waals surface area (Å²) in [5.74, 6) is 0.391. The predicted octanol–water partition coefficient (Wildman–Crippen LogP) is 5.30. The van der Waals surface area contributed by atoms with E-state index in [4.69, 9.17) is 4.74 Å². The molecule has 0 radical (unpaired) electrons. The molecule has 10 heteroatoms. The summed E-state index contributed by atoms with van der Waals surface area (Å²) < 4.78 is 49.8. The van der Waals surface area contributed by atoms with E-state index in [0.717, 1.165) is 31.5 Å². The molecular weight excluding hydrogens is 493 g/mol. The number of pyridine rings is 1. The van der Waals surface area contributed by atoms with Crippen LogP contribution in [0.15, 0.2) is 71.7 Å². The first-order valence-corrected chi connectivity index (χ1v) is 11.6. The molecule has 6 nitrogen and oxygen atoms in total. The van der Waals surface area contributed by atoms with Gasteiger partial charge in [0.15, 0.2) is 5.69 Å².